The van der Waals surface area contributed by atoms with Crippen LogP contribution in [0.4, 0.5) is 4.39 Å². The van der Waals surface area contributed by atoms with Crippen LogP contribution in [-0.2, 0) is 6.42 Å². The van der Waals surface area contributed by atoms with Gasteiger partial charge in [0.25, 0.3) is 0 Å². The van der Waals surface area contributed by atoms with E-state index in [9.17, 15) is 9.60 Å². The van der Waals surface area contributed by atoms with E-state index >= 15 is 0 Å². The summed E-state index contributed by atoms with van der Waals surface area (Å²) in [5, 5.41) is 10.4. The maximum absolute atomic E-state index is 12.6. The second-order valence-electron chi connectivity index (χ2n) is 2.03. The molecule has 0 radical (unpaired) electrons. The van der Waals surface area contributed by atoms with Crippen LogP contribution in [0.3, 0.4) is 0 Å². The minimum Gasteiger partial charge on any atom is -0.619 e. The summed E-state index contributed by atoms with van der Waals surface area (Å²) < 4.78 is 13.1. The Hall–Kier alpha value is -1.12. The Kier molecular flexibility index (Phi) is 1.85. The van der Waals surface area contributed by atoms with E-state index in [0.717, 1.165) is 6.20 Å². The first-order valence-electron chi connectivity index (χ1n) is 3.11. The Morgan fingerprint density at radius 2 is 2.40 bits per heavy atom. The number of hydrogen-bond donors (Lipinski definition) is 0. The minimum absolute atomic E-state index is 0.431. The van der Waals surface area contributed by atoms with Crippen molar-refractivity contribution >= 4 is 0 Å². The van der Waals surface area contributed by atoms with Gasteiger partial charge in [-0.05, 0) is 12.0 Å². The van der Waals surface area contributed by atoms with E-state index in [0.29, 0.717) is 16.7 Å². The number of aryl methyl sites for hydroxylation is 1. The predicted octanol–water partition coefficient (Wildman–Crippen LogP) is 1.02. The number of rotatable bonds is 1. The zero-order valence-corrected chi connectivity index (χ0v) is 5.67. The van der Waals surface area contributed by atoms with Crippen LogP contribution in [0.2, 0.25) is 0 Å². The lowest BCUT2D eigenvalue weighted by atomic mass is 10.2. The molecule has 0 aliphatic heterocycles. The molecule has 2 nitrogen and oxygen atoms in total. The first kappa shape index (κ1) is 6.99. The Bertz CT molecular complexity index is 237. The van der Waals surface area contributed by atoms with E-state index in [1.165, 1.54) is 12.3 Å². The van der Waals surface area contributed by atoms with Gasteiger partial charge in [-0.25, -0.2) is 4.39 Å². The summed E-state index contributed by atoms with van der Waals surface area (Å²) in [6.07, 6.45) is 2.84. The largest absolute Gasteiger partial charge is 0.619 e. The lowest BCUT2D eigenvalue weighted by molar-refractivity contribution is -0.607. The molecule has 0 aliphatic rings. The van der Waals surface area contributed by atoms with Gasteiger partial charge in [-0.2, -0.15) is 4.73 Å². The number of pyridine rings is 1. The second-order valence-corrected chi connectivity index (χ2v) is 2.03. The molecule has 0 amide bonds. The van der Waals surface area contributed by atoms with Crippen LogP contribution in [0.15, 0.2) is 18.5 Å². The molecule has 0 fully saturated rings. The Morgan fingerprint density at radius 3 is 2.90 bits per heavy atom. The van der Waals surface area contributed by atoms with Gasteiger partial charge in [0.1, 0.15) is 0 Å². The summed E-state index contributed by atoms with van der Waals surface area (Å²) in [4.78, 5) is 0. The highest BCUT2D eigenvalue weighted by molar-refractivity contribution is 5.09. The third-order valence-corrected chi connectivity index (χ3v) is 1.35. The molecule has 1 heterocycles. The van der Waals surface area contributed by atoms with Crippen molar-refractivity contribution in [3.05, 3.63) is 35.0 Å². The topological polar surface area (TPSA) is 26.9 Å². The summed E-state index contributed by atoms with van der Waals surface area (Å²) in [5.74, 6) is -0.431. The zero-order valence-electron chi connectivity index (χ0n) is 5.67. The van der Waals surface area contributed by atoms with Gasteiger partial charge < -0.3 is 5.21 Å². The summed E-state index contributed by atoms with van der Waals surface area (Å²) in [5.41, 5.74) is 0.576. The normalized spacial score (nSPS) is 9.80. The number of aromatic nitrogens is 1. The first-order valence-corrected chi connectivity index (χ1v) is 3.11. The Balaban J connectivity index is 3.07. The highest BCUT2D eigenvalue weighted by Gasteiger charge is 2.01. The molecule has 0 N–H and O–H groups in total. The van der Waals surface area contributed by atoms with Gasteiger partial charge >= 0.3 is 0 Å². The lowest BCUT2D eigenvalue weighted by Crippen LogP contribution is -2.25. The van der Waals surface area contributed by atoms with Crippen molar-refractivity contribution in [2.45, 2.75) is 13.3 Å². The van der Waals surface area contributed by atoms with E-state index in [4.69, 9.17) is 0 Å². The van der Waals surface area contributed by atoms with Gasteiger partial charge in [-0.3, -0.25) is 0 Å². The fourth-order valence-corrected chi connectivity index (χ4v) is 0.767. The molecule has 1 aromatic rings. The van der Waals surface area contributed by atoms with E-state index in [1.54, 1.807) is 0 Å². The highest BCUT2D eigenvalue weighted by atomic mass is 19.1. The van der Waals surface area contributed by atoms with E-state index in [2.05, 4.69) is 0 Å². The molecular formula is C7H8FNO. The lowest BCUT2D eigenvalue weighted by Gasteiger charge is -1.97. The van der Waals surface area contributed by atoms with Crippen molar-refractivity contribution in [1.82, 2.24) is 0 Å². The zero-order chi connectivity index (χ0) is 7.56. The van der Waals surface area contributed by atoms with Crippen molar-refractivity contribution in [3.8, 4) is 0 Å². The molecule has 54 valence electrons. The fraction of sp³-hybridized carbons (Fsp3) is 0.286. The summed E-state index contributed by atoms with van der Waals surface area (Å²) in [6.45, 7) is 1.84. The molecule has 10 heavy (non-hydrogen) atoms. The summed E-state index contributed by atoms with van der Waals surface area (Å²) >= 11 is 0. The average Bonchev–Trinajstić information content (AvgIpc) is 1.88. The second kappa shape index (κ2) is 2.64. The molecule has 0 unspecified atom stereocenters. The van der Waals surface area contributed by atoms with Gasteiger partial charge in [0.15, 0.2) is 12.0 Å². The summed E-state index contributed by atoms with van der Waals surface area (Å²) in [6, 6.07) is 1.49. The van der Waals surface area contributed by atoms with Crippen LogP contribution in [0.25, 0.3) is 0 Å². The molecule has 0 aromatic carbocycles. The maximum atomic E-state index is 12.6. The first-order chi connectivity index (χ1) is 4.74. The number of hydrogen-bond acceptors (Lipinski definition) is 1. The Labute approximate surface area is 58.5 Å². The standard InChI is InChI=1S/C7H8FNO/c1-2-6-3-4-9(10)5-7(6)8/h3-5H,2H2,1H3. The third-order valence-electron chi connectivity index (χ3n) is 1.35. The highest BCUT2D eigenvalue weighted by Crippen LogP contribution is 2.02. The van der Waals surface area contributed by atoms with Crippen LogP contribution in [0, 0.1) is 11.0 Å². The van der Waals surface area contributed by atoms with Crippen LogP contribution < -0.4 is 4.73 Å². The molecule has 0 bridgehead atoms. The van der Waals surface area contributed by atoms with E-state index < -0.39 is 5.82 Å². The molecule has 0 aliphatic carbocycles. The molecule has 0 atom stereocenters. The van der Waals surface area contributed by atoms with Crippen LogP contribution in [0.5, 0.6) is 0 Å². The van der Waals surface area contributed by atoms with Gasteiger partial charge in [0, 0.05) is 6.07 Å². The van der Waals surface area contributed by atoms with Gasteiger partial charge in [-0.1, -0.05) is 6.92 Å². The third kappa shape index (κ3) is 1.23. The van der Waals surface area contributed by atoms with E-state index in [-0.39, 0.29) is 0 Å². The molecular weight excluding hydrogens is 133 g/mol. The van der Waals surface area contributed by atoms with Crippen molar-refractivity contribution in [3.63, 3.8) is 0 Å². The van der Waals surface area contributed by atoms with Crippen LogP contribution in [0.1, 0.15) is 12.5 Å². The minimum atomic E-state index is -0.431. The molecule has 0 saturated heterocycles. The van der Waals surface area contributed by atoms with Crippen molar-refractivity contribution in [1.29, 1.82) is 0 Å². The smallest absolute Gasteiger partial charge is 0.216 e. The van der Waals surface area contributed by atoms with E-state index in [1.807, 2.05) is 6.92 Å². The van der Waals surface area contributed by atoms with Gasteiger partial charge in [0.2, 0.25) is 6.20 Å². The van der Waals surface area contributed by atoms with Gasteiger partial charge in [0.05, 0.1) is 0 Å². The SMILES string of the molecule is CCc1cc[n+]([O-])cc1F. The number of halogens is 1. The average molecular weight is 141 g/mol. The van der Waals surface area contributed by atoms with Crippen molar-refractivity contribution < 1.29 is 9.12 Å². The van der Waals surface area contributed by atoms with Crippen LogP contribution >= 0.6 is 0 Å². The van der Waals surface area contributed by atoms with Crippen LogP contribution in [-0.4, -0.2) is 0 Å². The fourth-order valence-electron chi connectivity index (χ4n) is 0.767. The summed E-state index contributed by atoms with van der Waals surface area (Å²) in [7, 11) is 0. The maximum Gasteiger partial charge on any atom is 0.216 e. The molecule has 1 rings (SSSR count). The monoisotopic (exact) mass is 141 g/mol. The predicted molar refractivity (Wildman–Crippen MR) is 34.7 cm³/mol. The van der Waals surface area contributed by atoms with Crippen molar-refractivity contribution in [2.75, 3.05) is 0 Å². The molecule has 0 spiro atoms. The molecule has 1 aromatic heterocycles. The molecule has 0 saturated carbocycles. The van der Waals surface area contributed by atoms with Gasteiger partial charge in [-0.15, -0.1) is 0 Å². The van der Waals surface area contributed by atoms with Crippen molar-refractivity contribution in [2.24, 2.45) is 0 Å². The Morgan fingerprint density at radius 1 is 1.70 bits per heavy atom. The molecule has 3 heteroatoms. The quantitative estimate of drug-likeness (QED) is 0.423. The number of nitrogens with zero attached hydrogens (tertiary/aromatic N) is 1.